The molecule has 8 nitrogen and oxygen atoms in total. The van der Waals surface area contributed by atoms with Crippen LogP contribution in [0.3, 0.4) is 0 Å². The normalized spacial score (nSPS) is 17.4. The van der Waals surface area contributed by atoms with Crippen LogP contribution in [0.15, 0.2) is 29.5 Å². The Morgan fingerprint density at radius 2 is 2.17 bits per heavy atom. The second kappa shape index (κ2) is 6.96. The second-order valence-electron chi connectivity index (χ2n) is 7.55. The number of halogens is 1. The Hall–Kier alpha value is -2.71. The van der Waals surface area contributed by atoms with Crippen LogP contribution in [0.5, 0.6) is 0 Å². The predicted octanol–water partition coefficient (Wildman–Crippen LogP) is 3.24. The van der Waals surface area contributed by atoms with Crippen LogP contribution in [0.25, 0.3) is 17.1 Å². The molecular weight excluding hydrogens is 392 g/mol. The van der Waals surface area contributed by atoms with E-state index >= 15 is 0 Å². The van der Waals surface area contributed by atoms with Crippen molar-refractivity contribution in [2.24, 2.45) is 4.99 Å². The molecule has 150 valence electrons. The third kappa shape index (κ3) is 3.12. The summed E-state index contributed by atoms with van der Waals surface area (Å²) in [6.45, 7) is 7.49. The van der Waals surface area contributed by atoms with Gasteiger partial charge in [0, 0.05) is 10.6 Å². The zero-order chi connectivity index (χ0) is 20.1. The van der Waals surface area contributed by atoms with Gasteiger partial charge in [0.05, 0.1) is 30.1 Å². The fourth-order valence-electron chi connectivity index (χ4n) is 3.61. The maximum atomic E-state index is 6.31. The van der Waals surface area contributed by atoms with Gasteiger partial charge in [0.15, 0.2) is 11.6 Å². The molecule has 2 aliphatic heterocycles. The molecule has 9 heteroatoms. The van der Waals surface area contributed by atoms with Crippen LogP contribution in [0.1, 0.15) is 38.0 Å². The lowest BCUT2D eigenvalue weighted by Gasteiger charge is -2.11. The molecule has 1 atom stereocenters. The van der Waals surface area contributed by atoms with Crippen molar-refractivity contribution in [3.05, 3.63) is 46.8 Å². The average molecular weight is 413 g/mol. The van der Waals surface area contributed by atoms with Gasteiger partial charge in [-0.15, -0.1) is 10.2 Å². The third-order valence-corrected chi connectivity index (χ3v) is 5.24. The summed E-state index contributed by atoms with van der Waals surface area (Å²) in [5.74, 6) is 2.09. The zero-order valence-corrected chi connectivity index (χ0v) is 17.2. The van der Waals surface area contributed by atoms with Gasteiger partial charge in [-0.2, -0.15) is 0 Å². The van der Waals surface area contributed by atoms with Gasteiger partial charge in [-0.25, -0.2) is 9.98 Å². The lowest BCUT2D eigenvalue weighted by atomic mass is 10.1. The van der Waals surface area contributed by atoms with Gasteiger partial charge in [0.2, 0.25) is 5.90 Å². The summed E-state index contributed by atoms with van der Waals surface area (Å²) in [6, 6.07) is 5.87. The van der Waals surface area contributed by atoms with E-state index in [4.69, 9.17) is 21.1 Å². The lowest BCUT2D eigenvalue weighted by molar-refractivity contribution is 0.0595. The first-order valence-corrected chi connectivity index (χ1v) is 10.00. The van der Waals surface area contributed by atoms with Crippen LogP contribution >= 0.6 is 11.6 Å². The van der Waals surface area contributed by atoms with Crippen molar-refractivity contribution in [2.45, 2.75) is 46.1 Å². The van der Waals surface area contributed by atoms with Crippen molar-refractivity contribution < 1.29 is 9.47 Å². The number of benzene rings is 1. The number of ether oxygens (including phenoxy) is 2. The van der Waals surface area contributed by atoms with E-state index in [9.17, 15) is 0 Å². The van der Waals surface area contributed by atoms with Crippen LogP contribution in [-0.4, -0.2) is 49.0 Å². The van der Waals surface area contributed by atoms with Crippen LogP contribution in [0.2, 0.25) is 5.02 Å². The summed E-state index contributed by atoms with van der Waals surface area (Å²) in [6.07, 6.45) is 1.90. The molecule has 4 heterocycles. The standard InChI is InChI=1S/C20H21ClN6O2/c1-11(2)28-9-17-24-25-19-14-6-13(21)4-5-15(14)27-10-22-18(16(27)7-26(17)19)20-23-12(3)8-29-20/h4-6,10-12H,7-9H2,1-3H3/t12-/m1/s1. The van der Waals surface area contributed by atoms with Gasteiger partial charge in [-0.3, -0.25) is 4.57 Å². The number of aromatic nitrogens is 5. The highest BCUT2D eigenvalue weighted by Crippen LogP contribution is 2.34. The molecule has 0 fully saturated rings. The minimum absolute atomic E-state index is 0.0966. The van der Waals surface area contributed by atoms with Gasteiger partial charge in [0.25, 0.3) is 0 Å². The molecule has 0 bridgehead atoms. The number of rotatable bonds is 4. The summed E-state index contributed by atoms with van der Waals surface area (Å²) >= 11 is 6.31. The summed E-state index contributed by atoms with van der Waals surface area (Å²) in [4.78, 5) is 9.22. The molecule has 2 aliphatic rings. The van der Waals surface area contributed by atoms with Crippen molar-refractivity contribution in [1.82, 2.24) is 24.3 Å². The van der Waals surface area contributed by atoms with E-state index < -0.39 is 0 Å². The van der Waals surface area contributed by atoms with E-state index in [0.717, 1.165) is 34.3 Å². The summed E-state index contributed by atoms with van der Waals surface area (Å²) in [5.41, 5.74) is 3.54. The highest BCUT2D eigenvalue weighted by molar-refractivity contribution is 6.31. The Kier molecular flexibility index (Phi) is 4.40. The molecule has 0 radical (unpaired) electrons. The van der Waals surface area contributed by atoms with E-state index in [-0.39, 0.29) is 12.1 Å². The fourth-order valence-corrected chi connectivity index (χ4v) is 3.78. The Bertz CT molecular complexity index is 1120. The van der Waals surface area contributed by atoms with E-state index in [1.54, 1.807) is 6.33 Å². The van der Waals surface area contributed by atoms with E-state index in [2.05, 4.69) is 29.3 Å². The van der Waals surface area contributed by atoms with Crippen LogP contribution in [0.4, 0.5) is 0 Å². The van der Waals surface area contributed by atoms with Gasteiger partial charge < -0.3 is 14.0 Å². The highest BCUT2D eigenvalue weighted by Gasteiger charge is 2.29. The lowest BCUT2D eigenvalue weighted by Crippen LogP contribution is -2.14. The number of fused-ring (bicyclic) bond motifs is 5. The molecule has 1 aromatic carbocycles. The van der Waals surface area contributed by atoms with Gasteiger partial charge in [-0.05, 0) is 39.0 Å². The molecule has 0 unspecified atom stereocenters. The van der Waals surface area contributed by atoms with E-state index in [0.29, 0.717) is 30.7 Å². The van der Waals surface area contributed by atoms with Gasteiger partial charge in [-0.1, -0.05) is 11.6 Å². The van der Waals surface area contributed by atoms with Crippen molar-refractivity contribution in [2.75, 3.05) is 6.61 Å². The molecule has 0 saturated carbocycles. The molecule has 0 spiro atoms. The number of hydrogen-bond donors (Lipinski definition) is 0. The number of imidazole rings is 1. The Morgan fingerprint density at radius 3 is 2.93 bits per heavy atom. The highest BCUT2D eigenvalue weighted by atomic mass is 35.5. The molecule has 0 aliphatic carbocycles. The average Bonchev–Trinajstić information content (AvgIpc) is 3.38. The maximum Gasteiger partial charge on any atom is 0.237 e. The smallest absolute Gasteiger partial charge is 0.237 e. The van der Waals surface area contributed by atoms with E-state index in [1.165, 1.54) is 0 Å². The van der Waals surface area contributed by atoms with Gasteiger partial charge in [0.1, 0.15) is 25.2 Å². The summed E-state index contributed by atoms with van der Waals surface area (Å²) < 4.78 is 15.7. The third-order valence-electron chi connectivity index (χ3n) is 5.01. The number of aliphatic imine (C=N–C) groups is 1. The van der Waals surface area contributed by atoms with Crippen molar-refractivity contribution in [1.29, 1.82) is 0 Å². The van der Waals surface area contributed by atoms with Crippen molar-refractivity contribution >= 4 is 17.5 Å². The Morgan fingerprint density at radius 1 is 1.31 bits per heavy atom. The first-order chi connectivity index (χ1) is 14.0. The molecular formula is C20H21ClN6O2. The molecule has 0 N–H and O–H groups in total. The molecule has 29 heavy (non-hydrogen) atoms. The minimum atomic E-state index is 0.0966. The predicted molar refractivity (Wildman–Crippen MR) is 109 cm³/mol. The SMILES string of the molecule is CC(C)OCc1nnc2n1Cc1c(C3=N[C@H](C)CO3)ncn1-c1ccc(Cl)cc1-2. The molecule has 0 saturated heterocycles. The summed E-state index contributed by atoms with van der Waals surface area (Å²) in [5, 5.41) is 9.49. The van der Waals surface area contributed by atoms with E-state index in [1.807, 2.05) is 39.0 Å². The van der Waals surface area contributed by atoms with Gasteiger partial charge >= 0.3 is 0 Å². The molecule has 2 aromatic heterocycles. The number of nitrogens with zero attached hydrogens (tertiary/aromatic N) is 6. The monoisotopic (exact) mass is 412 g/mol. The quantitative estimate of drug-likeness (QED) is 0.514. The largest absolute Gasteiger partial charge is 0.474 e. The second-order valence-corrected chi connectivity index (χ2v) is 7.99. The molecule has 0 amide bonds. The Labute approximate surface area is 173 Å². The van der Waals surface area contributed by atoms with Crippen LogP contribution in [0, 0.1) is 0 Å². The zero-order valence-electron chi connectivity index (χ0n) is 16.5. The first kappa shape index (κ1) is 18.3. The Balaban J connectivity index is 1.69. The van der Waals surface area contributed by atoms with Crippen molar-refractivity contribution in [3.8, 4) is 17.1 Å². The minimum Gasteiger partial charge on any atom is -0.474 e. The van der Waals surface area contributed by atoms with Crippen LogP contribution < -0.4 is 0 Å². The number of hydrogen-bond acceptors (Lipinski definition) is 6. The maximum absolute atomic E-state index is 6.31. The van der Waals surface area contributed by atoms with Crippen molar-refractivity contribution in [3.63, 3.8) is 0 Å². The molecule has 5 rings (SSSR count). The fraction of sp³-hybridized carbons (Fsp3) is 0.400. The topological polar surface area (TPSA) is 79.3 Å². The first-order valence-electron chi connectivity index (χ1n) is 9.62. The summed E-state index contributed by atoms with van der Waals surface area (Å²) in [7, 11) is 0. The van der Waals surface area contributed by atoms with Crippen LogP contribution in [-0.2, 0) is 22.6 Å². The molecule has 3 aromatic rings.